The molecule has 3 heterocycles. The van der Waals surface area contributed by atoms with Gasteiger partial charge in [0.2, 0.25) is 0 Å². The van der Waals surface area contributed by atoms with Gasteiger partial charge in [0.25, 0.3) is 5.78 Å². The summed E-state index contributed by atoms with van der Waals surface area (Å²) in [6.07, 6.45) is 1.51. The fraction of sp³-hybridized carbons (Fsp3) is 0.583. The predicted octanol–water partition coefficient (Wildman–Crippen LogP) is 1.31. The van der Waals surface area contributed by atoms with Crippen molar-refractivity contribution >= 4 is 23.2 Å². The summed E-state index contributed by atoms with van der Waals surface area (Å²) in [6.45, 7) is 8.49. The van der Waals surface area contributed by atoms with E-state index in [1.54, 1.807) is 4.52 Å². The molecule has 0 saturated carbocycles. The molecule has 6 nitrogen and oxygen atoms in total. The van der Waals surface area contributed by atoms with Gasteiger partial charge in [-0.3, -0.25) is 4.90 Å². The highest BCUT2D eigenvalue weighted by Crippen LogP contribution is 2.20. The molecule has 3 rings (SSSR count). The van der Waals surface area contributed by atoms with Crippen LogP contribution in [0, 0.1) is 0 Å². The monoisotopic (exact) mass is 280 g/mol. The molecule has 0 radical (unpaired) electrons. The van der Waals surface area contributed by atoms with Crippen LogP contribution in [-0.2, 0) is 0 Å². The van der Waals surface area contributed by atoms with Gasteiger partial charge < -0.3 is 4.90 Å². The fourth-order valence-electron chi connectivity index (χ4n) is 2.46. The van der Waals surface area contributed by atoms with Crippen LogP contribution in [0.4, 0.5) is 5.82 Å². The van der Waals surface area contributed by atoms with Gasteiger partial charge in [0.05, 0.1) is 0 Å². The molecule has 0 bridgehead atoms. The van der Waals surface area contributed by atoms with Crippen LogP contribution in [0.25, 0.3) is 5.78 Å². The van der Waals surface area contributed by atoms with Crippen LogP contribution in [0.3, 0.4) is 0 Å². The van der Waals surface area contributed by atoms with Gasteiger partial charge in [-0.05, 0) is 13.8 Å². The van der Waals surface area contributed by atoms with E-state index in [1.807, 2.05) is 6.07 Å². The number of piperazine rings is 1. The first-order valence-electron chi connectivity index (χ1n) is 6.50. The van der Waals surface area contributed by atoms with E-state index in [9.17, 15) is 0 Å². The maximum Gasteiger partial charge on any atom is 0.255 e. The van der Waals surface area contributed by atoms with E-state index in [4.69, 9.17) is 11.6 Å². The lowest BCUT2D eigenvalue weighted by Gasteiger charge is -2.37. The minimum atomic E-state index is 0.460. The molecule has 2 aromatic heterocycles. The Labute approximate surface area is 117 Å². The zero-order valence-electron chi connectivity index (χ0n) is 11.1. The molecule has 0 atom stereocenters. The van der Waals surface area contributed by atoms with Gasteiger partial charge in [0.1, 0.15) is 17.3 Å². The number of anilines is 1. The van der Waals surface area contributed by atoms with Gasteiger partial charge in [0, 0.05) is 38.3 Å². The first-order valence-corrected chi connectivity index (χ1v) is 6.88. The first-order chi connectivity index (χ1) is 9.15. The van der Waals surface area contributed by atoms with E-state index in [1.165, 1.54) is 6.33 Å². The van der Waals surface area contributed by atoms with Crippen molar-refractivity contribution in [1.29, 1.82) is 0 Å². The number of nitrogens with zero attached hydrogens (tertiary/aromatic N) is 6. The molecular weight excluding hydrogens is 264 g/mol. The average Bonchev–Trinajstić information content (AvgIpc) is 2.85. The van der Waals surface area contributed by atoms with E-state index < -0.39 is 0 Å². The summed E-state index contributed by atoms with van der Waals surface area (Å²) in [5, 5.41) is 4.68. The van der Waals surface area contributed by atoms with Crippen molar-refractivity contribution in [2.75, 3.05) is 31.1 Å². The Morgan fingerprint density at radius 3 is 2.63 bits per heavy atom. The van der Waals surface area contributed by atoms with Gasteiger partial charge >= 0.3 is 0 Å². The van der Waals surface area contributed by atoms with Crippen molar-refractivity contribution in [2.24, 2.45) is 0 Å². The van der Waals surface area contributed by atoms with Crippen LogP contribution >= 0.6 is 11.6 Å². The van der Waals surface area contributed by atoms with Crippen molar-refractivity contribution in [2.45, 2.75) is 19.9 Å². The van der Waals surface area contributed by atoms with Crippen LogP contribution in [0.15, 0.2) is 12.4 Å². The lowest BCUT2D eigenvalue weighted by Crippen LogP contribution is -2.49. The lowest BCUT2D eigenvalue weighted by molar-refractivity contribution is 0.209. The fourth-order valence-corrected chi connectivity index (χ4v) is 2.63. The molecule has 19 heavy (non-hydrogen) atoms. The SMILES string of the molecule is CC(C)N1CCN(c2cc(Cl)nc3ncnn23)CC1. The van der Waals surface area contributed by atoms with Crippen LogP contribution in [-0.4, -0.2) is 56.7 Å². The molecule has 0 aromatic carbocycles. The largest absolute Gasteiger partial charge is 0.354 e. The normalized spacial score (nSPS) is 17.6. The van der Waals surface area contributed by atoms with Crippen LogP contribution in [0.2, 0.25) is 5.15 Å². The van der Waals surface area contributed by atoms with Crippen molar-refractivity contribution in [1.82, 2.24) is 24.5 Å². The molecule has 1 aliphatic heterocycles. The number of fused-ring (bicyclic) bond motifs is 1. The Morgan fingerprint density at radius 1 is 1.21 bits per heavy atom. The second-order valence-electron chi connectivity index (χ2n) is 5.03. The Kier molecular flexibility index (Phi) is 3.28. The summed E-state index contributed by atoms with van der Waals surface area (Å²) in [5.74, 6) is 1.52. The smallest absolute Gasteiger partial charge is 0.255 e. The van der Waals surface area contributed by atoms with E-state index >= 15 is 0 Å². The van der Waals surface area contributed by atoms with Crippen LogP contribution in [0.5, 0.6) is 0 Å². The Morgan fingerprint density at radius 2 is 1.95 bits per heavy atom. The minimum Gasteiger partial charge on any atom is -0.354 e. The van der Waals surface area contributed by atoms with Crippen molar-refractivity contribution in [3.8, 4) is 0 Å². The highest BCUT2D eigenvalue weighted by Gasteiger charge is 2.21. The topological polar surface area (TPSA) is 49.6 Å². The summed E-state index contributed by atoms with van der Waals surface area (Å²) in [5.41, 5.74) is 0. The molecule has 102 valence electrons. The number of hydrogen-bond acceptors (Lipinski definition) is 5. The minimum absolute atomic E-state index is 0.460. The molecule has 1 fully saturated rings. The molecule has 1 saturated heterocycles. The molecule has 2 aromatic rings. The predicted molar refractivity (Wildman–Crippen MR) is 74.7 cm³/mol. The number of halogens is 1. The maximum atomic E-state index is 6.05. The van der Waals surface area contributed by atoms with E-state index in [0.717, 1.165) is 32.0 Å². The second-order valence-corrected chi connectivity index (χ2v) is 5.41. The average molecular weight is 281 g/mol. The molecule has 0 spiro atoms. The summed E-state index contributed by atoms with van der Waals surface area (Å²) < 4.78 is 1.75. The molecule has 7 heteroatoms. The lowest BCUT2D eigenvalue weighted by atomic mass is 10.2. The third kappa shape index (κ3) is 2.37. The third-order valence-electron chi connectivity index (χ3n) is 3.57. The molecule has 0 amide bonds. The van der Waals surface area contributed by atoms with Gasteiger partial charge in [-0.1, -0.05) is 11.6 Å². The van der Waals surface area contributed by atoms with Crippen molar-refractivity contribution < 1.29 is 0 Å². The van der Waals surface area contributed by atoms with E-state index in [-0.39, 0.29) is 0 Å². The second kappa shape index (κ2) is 4.94. The van der Waals surface area contributed by atoms with Crippen molar-refractivity contribution in [3.05, 3.63) is 17.5 Å². The molecule has 1 aliphatic rings. The van der Waals surface area contributed by atoms with Gasteiger partial charge in [-0.25, -0.2) is 0 Å². The zero-order valence-corrected chi connectivity index (χ0v) is 11.9. The molecule has 0 N–H and O–H groups in total. The van der Waals surface area contributed by atoms with Crippen LogP contribution < -0.4 is 4.90 Å². The van der Waals surface area contributed by atoms with E-state index in [0.29, 0.717) is 17.0 Å². The summed E-state index contributed by atoms with van der Waals surface area (Å²) >= 11 is 6.05. The summed E-state index contributed by atoms with van der Waals surface area (Å²) in [7, 11) is 0. The van der Waals surface area contributed by atoms with Gasteiger partial charge in [-0.2, -0.15) is 19.6 Å². The van der Waals surface area contributed by atoms with E-state index in [2.05, 4.69) is 38.7 Å². The van der Waals surface area contributed by atoms with Gasteiger partial charge in [0.15, 0.2) is 0 Å². The third-order valence-corrected chi connectivity index (χ3v) is 3.76. The Hall–Kier alpha value is -1.40. The summed E-state index contributed by atoms with van der Waals surface area (Å²) in [6, 6.07) is 2.45. The number of rotatable bonds is 2. The standard InChI is InChI=1S/C12H17ClN6/c1-9(2)17-3-5-18(6-4-17)11-7-10(13)16-12-14-8-15-19(11)12/h7-9H,3-6H2,1-2H3. The Balaban J connectivity index is 1.87. The zero-order chi connectivity index (χ0) is 13.4. The van der Waals surface area contributed by atoms with Crippen molar-refractivity contribution in [3.63, 3.8) is 0 Å². The highest BCUT2D eigenvalue weighted by molar-refractivity contribution is 6.29. The van der Waals surface area contributed by atoms with Crippen LogP contribution in [0.1, 0.15) is 13.8 Å². The maximum absolute atomic E-state index is 6.05. The Bertz CT molecular complexity index is 573. The summed E-state index contributed by atoms with van der Waals surface area (Å²) in [4.78, 5) is 13.0. The number of aromatic nitrogens is 4. The number of hydrogen-bond donors (Lipinski definition) is 0. The molecular formula is C12H17ClN6. The van der Waals surface area contributed by atoms with Gasteiger partial charge in [-0.15, -0.1) is 0 Å². The molecule has 0 unspecified atom stereocenters. The quantitative estimate of drug-likeness (QED) is 0.777. The highest BCUT2D eigenvalue weighted by atomic mass is 35.5. The first kappa shape index (κ1) is 12.6. The molecule has 0 aliphatic carbocycles.